The van der Waals surface area contributed by atoms with Crippen LogP contribution in [-0.2, 0) is 13.0 Å². The van der Waals surface area contributed by atoms with Gasteiger partial charge in [0.25, 0.3) is 0 Å². The molecule has 1 heterocycles. The zero-order valence-electron chi connectivity index (χ0n) is 24.5. The molecular weight excluding hydrogens is 490 g/mol. The van der Waals surface area contributed by atoms with Gasteiger partial charge in [-0.25, -0.2) is 4.98 Å². The van der Waals surface area contributed by atoms with Gasteiger partial charge in [0.2, 0.25) is 5.95 Å². The molecule has 1 aromatic heterocycles. The lowest BCUT2D eigenvalue weighted by atomic mass is 9.91. The van der Waals surface area contributed by atoms with E-state index >= 15 is 0 Å². The number of nitrogens with one attached hydrogen (secondary N) is 2. The van der Waals surface area contributed by atoms with Crippen LogP contribution in [0.2, 0.25) is 0 Å². The Kier molecular flexibility index (Phi) is 9.67. The number of fused-ring (bicyclic) bond motifs is 1. The molecule has 0 bridgehead atoms. The molecule has 0 radical (unpaired) electrons. The molecule has 5 rings (SSSR count). The molecule has 0 saturated heterocycles. The van der Waals surface area contributed by atoms with Crippen LogP contribution in [0.5, 0.6) is 0 Å². The number of rotatable bonds is 12. The number of anilines is 2. The number of aromatic nitrogens is 2. The van der Waals surface area contributed by atoms with E-state index in [0.717, 1.165) is 54.9 Å². The molecule has 0 atom stereocenters. The van der Waals surface area contributed by atoms with Gasteiger partial charge in [0.1, 0.15) is 5.82 Å². The lowest BCUT2D eigenvalue weighted by molar-refractivity contribution is 0.352. The van der Waals surface area contributed by atoms with Crippen LogP contribution in [0.4, 0.5) is 11.8 Å². The van der Waals surface area contributed by atoms with Crippen molar-refractivity contribution < 1.29 is 0 Å². The maximum absolute atomic E-state index is 4.83. The van der Waals surface area contributed by atoms with Gasteiger partial charge < -0.3 is 15.5 Å². The highest BCUT2D eigenvalue weighted by Gasteiger charge is 2.22. The van der Waals surface area contributed by atoms with Crippen molar-refractivity contribution >= 4 is 22.7 Å². The van der Waals surface area contributed by atoms with Crippen LogP contribution in [0.25, 0.3) is 22.0 Å². The van der Waals surface area contributed by atoms with Gasteiger partial charge in [-0.2, -0.15) is 4.98 Å². The number of unbranched alkanes of at least 4 members (excludes halogenated alkanes) is 3. The van der Waals surface area contributed by atoms with E-state index in [1.165, 1.54) is 54.4 Å². The van der Waals surface area contributed by atoms with E-state index in [1.54, 1.807) is 0 Å². The summed E-state index contributed by atoms with van der Waals surface area (Å²) in [5, 5.41) is 8.51. The van der Waals surface area contributed by atoms with E-state index in [9.17, 15) is 0 Å². The average molecular weight is 536 g/mol. The van der Waals surface area contributed by atoms with E-state index in [0.29, 0.717) is 12.1 Å². The smallest absolute Gasteiger partial charge is 0.225 e. The van der Waals surface area contributed by atoms with Gasteiger partial charge in [-0.3, -0.25) is 0 Å². The van der Waals surface area contributed by atoms with Crippen LogP contribution in [-0.4, -0.2) is 36.1 Å². The molecule has 3 aromatic carbocycles. The Morgan fingerprint density at radius 1 is 0.725 bits per heavy atom. The van der Waals surface area contributed by atoms with Crippen LogP contribution < -0.4 is 15.5 Å². The van der Waals surface area contributed by atoms with Crippen molar-refractivity contribution in [2.75, 3.05) is 24.3 Å². The Balaban J connectivity index is 1.08. The molecular formula is C35H45N5. The number of benzene rings is 3. The topological polar surface area (TPSA) is 53.1 Å². The third-order valence-electron chi connectivity index (χ3n) is 8.22. The fourth-order valence-corrected chi connectivity index (χ4v) is 5.79. The molecule has 0 spiro atoms. The maximum atomic E-state index is 4.83. The van der Waals surface area contributed by atoms with Gasteiger partial charge in [-0.05, 0) is 72.9 Å². The second kappa shape index (κ2) is 13.8. The summed E-state index contributed by atoms with van der Waals surface area (Å²) >= 11 is 0. The minimum atomic E-state index is 0.413. The second-order valence-corrected chi connectivity index (χ2v) is 11.6. The monoisotopic (exact) mass is 535 g/mol. The number of hydrogen-bond acceptors (Lipinski definition) is 5. The summed E-state index contributed by atoms with van der Waals surface area (Å²) in [7, 11) is 4.08. The van der Waals surface area contributed by atoms with Gasteiger partial charge in [0.15, 0.2) is 0 Å². The lowest BCUT2D eigenvalue weighted by Gasteiger charge is -2.30. The molecule has 1 fully saturated rings. The van der Waals surface area contributed by atoms with Crippen molar-refractivity contribution in [3.63, 3.8) is 0 Å². The van der Waals surface area contributed by atoms with Crippen molar-refractivity contribution in [1.82, 2.24) is 15.3 Å². The van der Waals surface area contributed by atoms with Crippen molar-refractivity contribution in [3.05, 3.63) is 83.9 Å². The third-order valence-corrected chi connectivity index (χ3v) is 8.22. The number of aryl methyl sites for hydroxylation is 1. The standard InChI is InChI=1S/C35H45N5/c1-4-5-6-7-10-26-13-17-28(18-14-26)29-19-15-27(16-20-29)25-36-30-21-23-31(24-22-30)37-35-38-33-12-9-8-11-32(33)34(39-35)40(2)3/h8-9,11-20,30-31,36H,4-7,10,21-25H2,1-3H3,(H,37,38,39)/t30-,31+. The molecule has 4 aromatic rings. The first-order chi connectivity index (χ1) is 19.6. The van der Waals surface area contributed by atoms with Crippen LogP contribution >= 0.6 is 0 Å². The Bertz CT molecular complexity index is 1340. The minimum Gasteiger partial charge on any atom is -0.362 e. The first-order valence-electron chi connectivity index (χ1n) is 15.2. The maximum Gasteiger partial charge on any atom is 0.225 e. The number of hydrogen-bond donors (Lipinski definition) is 2. The predicted octanol–water partition coefficient (Wildman–Crippen LogP) is 8.00. The van der Waals surface area contributed by atoms with Crippen LogP contribution in [0.1, 0.15) is 69.4 Å². The third kappa shape index (κ3) is 7.39. The average Bonchev–Trinajstić information content (AvgIpc) is 2.99. The second-order valence-electron chi connectivity index (χ2n) is 11.6. The minimum absolute atomic E-state index is 0.413. The molecule has 5 heteroatoms. The van der Waals surface area contributed by atoms with E-state index in [2.05, 4.69) is 83.1 Å². The highest BCUT2D eigenvalue weighted by molar-refractivity contribution is 5.90. The van der Waals surface area contributed by atoms with Crippen molar-refractivity contribution in [2.45, 2.75) is 83.3 Å². The zero-order chi connectivity index (χ0) is 27.7. The molecule has 210 valence electrons. The van der Waals surface area contributed by atoms with Gasteiger partial charge in [0.05, 0.1) is 5.52 Å². The summed E-state index contributed by atoms with van der Waals surface area (Å²) in [6.45, 7) is 3.18. The first kappa shape index (κ1) is 28.1. The Morgan fingerprint density at radius 2 is 1.38 bits per heavy atom. The highest BCUT2D eigenvalue weighted by atomic mass is 15.2. The number of para-hydroxylation sites is 1. The lowest BCUT2D eigenvalue weighted by Crippen LogP contribution is -2.37. The Labute approximate surface area is 240 Å². The molecule has 40 heavy (non-hydrogen) atoms. The normalized spacial score (nSPS) is 17.2. The molecule has 5 nitrogen and oxygen atoms in total. The van der Waals surface area contributed by atoms with Crippen molar-refractivity contribution in [2.24, 2.45) is 0 Å². The molecule has 0 amide bonds. The summed E-state index contributed by atoms with van der Waals surface area (Å²) in [6, 6.07) is 27.4. The van der Waals surface area contributed by atoms with Crippen molar-refractivity contribution in [3.8, 4) is 11.1 Å². The van der Waals surface area contributed by atoms with Crippen molar-refractivity contribution in [1.29, 1.82) is 0 Å². The van der Waals surface area contributed by atoms with Gasteiger partial charge in [0, 0.05) is 38.1 Å². The fraction of sp³-hybridized carbons (Fsp3) is 0.429. The summed E-state index contributed by atoms with van der Waals surface area (Å²) < 4.78 is 0. The zero-order valence-corrected chi connectivity index (χ0v) is 24.5. The van der Waals surface area contributed by atoms with Crippen LogP contribution in [0.3, 0.4) is 0 Å². The first-order valence-corrected chi connectivity index (χ1v) is 15.2. The van der Waals surface area contributed by atoms with Gasteiger partial charge in [-0.1, -0.05) is 86.8 Å². The predicted molar refractivity (Wildman–Crippen MR) is 170 cm³/mol. The fourth-order valence-electron chi connectivity index (χ4n) is 5.79. The molecule has 0 unspecified atom stereocenters. The summed E-state index contributed by atoms with van der Waals surface area (Å²) in [4.78, 5) is 11.7. The molecule has 1 aliphatic rings. The van der Waals surface area contributed by atoms with Crippen LogP contribution in [0, 0.1) is 0 Å². The summed E-state index contributed by atoms with van der Waals surface area (Å²) in [6.07, 6.45) is 11.0. The molecule has 1 saturated carbocycles. The molecule has 0 aliphatic heterocycles. The molecule has 2 N–H and O–H groups in total. The van der Waals surface area contributed by atoms with Gasteiger partial charge in [-0.15, -0.1) is 0 Å². The van der Waals surface area contributed by atoms with E-state index in [4.69, 9.17) is 9.97 Å². The Morgan fingerprint density at radius 3 is 2.05 bits per heavy atom. The molecule has 1 aliphatic carbocycles. The van der Waals surface area contributed by atoms with Crippen LogP contribution in [0.15, 0.2) is 72.8 Å². The summed E-state index contributed by atoms with van der Waals surface area (Å²) in [5.74, 6) is 1.70. The largest absolute Gasteiger partial charge is 0.362 e. The Hall–Kier alpha value is -3.44. The SMILES string of the molecule is CCCCCCc1ccc(-c2ccc(CN[C@H]3CC[C@@H](Nc4nc(N(C)C)c5ccccc5n4)CC3)cc2)cc1. The van der Waals surface area contributed by atoms with E-state index < -0.39 is 0 Å². The quantitative estimate of drug-likeness (QED) is 0.180. The van der Waals surface area contributed by atoms with Gasteiger partial charge >= 0.3 is 0 Å². The van der Waals surface area contributed by atoms with E-state index in [-0.39, 0.29) is 0 Å². The highest BCUT2D eigenvalue weighted by Crippen LogP contribution is 2.27. The van der Waals surface area contributed by atoms with E-state index in [1.807, 2.05) is 26.2 Å². The summed E-state index contributed by atoms with van der Waals surface area (Å²) in [5.41, 5.74) is 6.38. The number of nitrogens with zero attached hydrogens (tertiary/aromatic N) is 3.